The lowest BCUT2D eigenvalue weighted by Gasteiger charge is -2.38. The van der Waals surface area contributed by atoms with Gasteiger partial charge >= 0.3 is 0 Å². The summed E-state index contributed by atoms with van der Waals surface area (Å²) < 4.78 is 0. The second-order valence-corrected chi connectivity index (χ2v) is 5.57. The van der Waals surface area contributed by atoms with Gasteiger partial charge in [-0.25, -0.2) is 0 Å². The van der Waals surface area contributed by atoms with Gasteiger partial charge in [0.1, 0.15) is 0 Å². The molecule has 1 fully saturated rings. The van der Waals surface area contributed by atoms with Crippen molar-refractivity contribution in [3.05, 3.63) is 28.8 Å². The summed E-state index contributed by atoms with van der Waals surface area (Å²) in [5.41, 5.74) is 7.88. The fourth-order valence-corrected chi connectivity index (χ4v) is 2.78. The molecule has 17 heavy (non-hydrogen) atoms. The molecule has 0 bridgehead atoms. The van der Waals surface area contributed by atoms with Gasteiger partial charge in [-0.3, -0.25) is 0 Å². The van der Waals surface area contributed by atoms with Crippen LogP contribution in [0, 0.1) is 5.92 Å². The zero-order valence-electron chi connectivity index (χ0n) is 10.6. The zero-order chi connectivity index (χ0) is 12.4. The largest absolute Gasteiger partial charge is 0.369 e. The van der Waals surface area contributed by atoms with Crippen LogP contribution < -0.4 is 10.6 Å². The smallest absolute Gasteiger partial charge is 0.0471 e. The average Bonchev–Trinajstić information content (AvgIpc) is 2.32. The molecule has 94 valence electrons. The van der Waals surface area contributed by atoms with Crippen LogP contribution in [0.3, 0.4) is 0 Å². The molecule has 1 aliphatic rings. The van der Waals surface area contributed by atoms with E-state index in [-0.39, 0.29) is 0 Å². The van der Waals surface area contributed by atoms with E-state index >= 15 is 0 Å². The summed E-state index contributed by atoms with van der Waals surface area (Å²) in [5, 5.41) is 0.787. The summed E-state index contributed by atoms with van der Waals surface area (Å²) in [7, 11) is 0. The number of anilines is 1. The molecule has 0 spiro atoms. The summed E-state index contributed by atoms with van der Waals surface area (Å²) >= 11 is 6.23. The fraction of sp³-hybridized carbons (Fsp3) is 0.571. The fourth-order valence-electron chi connectivity index (χ4n) is 2.53. The third-order valence-electron chi connectivity index (χ3n) is 3.71. The number of nitrogens with zero attached hydrogens (tertiary/aromatic N) is 1. The van der Waals surface area contributed by atoms with Gasteiger partial charge in [0.2, 0.25) is 0 Å². The van der Waals surface area contributed by atoms with Crippen LogP contribution >= 0.6 is 11.6 Å². The highest BCUT2D eigenvalue weighted by molar-refractivity contribution is 6.31. The summed E-state index contributed by atoms with van der Waals surface area (Å²) in [6, 6.07) is 6.84. The predicted octanol–water partition coefficient (Wildman–Crippen LogP) is 3.42. The predicted molar refractivity (Wildman–Crippen MR) is 74.5 cm³/mol. The van der Waals surface area contributed by atoms with Gasteiger partial charge in [0.05, 0.1) is 0 Å². The monoisotopic (exact) mass is 252 g/mol. The number of hydrogen-bond donors (Lipinski definition) is 1. The maximum absolute atomic E-state index is 6.23. The van der Waals surface area contributed by atoms with E-state index in [0.29, 0.717) is 12.6 Å². The highest BCUT2D eigenvalue weighted by Crippen LogP contribution is 2.30. The van der Waals surface area contributed by atoms with Crippen molar-refractivity contribution in [2.75, 3.05) is 11.4 Å². The molecule has 2 rings (SSSR count). The van der Waals surface area contributed by atoms with Crippen LogP contribution in [0.25, 0.3) is 0 Å². The third kappa shape index (κ3) is 2.75. The maximum atomic E-state index is 6.23. The lowest BCUT2D eigenvalue weighted by Crippen LogP contribution is -2.41. The van der Waals surface area contributed by atoms with E-state index in [4.69, 9.17) is 17.3 Å². The van der Waals surface area contributed by atoms with Crippen molar-refractivity contribution in [3.63, 3.8) is 0 Å². The van der Waals surface area contributed by atoms with Gasteiger partial charge in [-0.15, -0.1) is 0 Å². The highest BCUT2D eigenvalue weighted by Gasteiger charge is 2.23. The molecule has 3 heteroatoms. The molecule has 0 radical (unpaired) electrons. The Hall–Kier alpha value is -0.730. The van der Waals surface area contributed by atoms with Crippen LogP contribution in [0.4, 0.5) is 5.69 Å². The van der Waals surface area contributed by atoms with Gasteiger partial charge < -0.3 is 10.6 Å². The van der Waals surface area contributed by atoms with Gasteiger partial charge in [0.25, 0.3) is 0 Å². The number of halogens is 1. The first-order valence-corrected chi connectivity index (χ1v) is 6.74. The molecule has 0 aromatic heterocycles. The molecule has 1 saturated heterocycles. The Bertz CT molecular complexity index is 392. The molecule has 0 aliphatic carbocycles. The van der Waals surface area contributed by atoms with E-state index in [1.165, 1.54) is 18.5 Å². The van der Waals surface area contributed by atoms with E-state index in [0.717, 1.165) is 23.0 Å². The molecule has 0 amide bonds. The first-order valence-electron chi connectivity index (χ1n) is 6.37. The van der Waals surface area contributed by atoms with Crippen molar-refractivity contribution in [1.82, 2.24) is 0 Å². The lowest BCUT2D eigenvalue weighted by molar-refractivity contribution is 0.390. The maximum Gasteiger partial charge on any atom is 0.0471 e. The minimum Gasteiger partial charge on any atom is -0.369 e. The van der Waals surface area contributed by atoms with Crippen molar-refractivity contribution in [1.29, 1.82) is 0 Å². The van der Waals surface area contributed by atoms with E-state index in [1.54, 1.807) is 0 Å². The molecule has 0 saturated carbocycles. The quantitative estimate of drug-likeness (QED) is 0.874. The SMILES string of the molecule is CC1CCC(C)N(c2ccc(CN)c(Cl)c2)C1. The molecule has 2 unspecified atom stereocenters. The number of nitrogens with two attached hydrogens (primary N) is 1. The van der Waals surface area contributed by atoms with E-state index in [2.05, 4.69) is 30.9 Å². The summed E-state index contributed by atoms with van der Waals surface area (Å²) in [5.74, 6) is 0.763. The van der Waals surface area contributed by atoms with Crippen molar-refractivity contribution in [2.45, 2.75) is 39.3 Å². The van der Waals surface area contributed by atoms with Gasteiger partial charge in [-0.2, -0.15) is 0 Å². The number of hydrogen-bond acceptors (Lipinski definition) is 2. The van der Waals surface area contributed by atoms with Gasteiger partial charge in [-0.05, 0) is 43.4 Å². The van der Waals surface area contributed by atoms with Crippen LogP contribution in [-0.4, -0.2) is 12.6 Å². The molecule has 1 aromatic rings. The Kier molecular flexibility index (Phi) is 3.95. The molecule has 1 aromatic carbocycles. The van der Waals surface area contributed by atoms with Crippen LogP contribution in [0.1, 0.15) is 32.3 Å². The zero-order valence-corrected chi connectivity index (χ0v) is 11.4. The number of benzene rings is 1. The first-order chi connectivity index (χ1) is 8.11. The van der Waals surface area contributed by atoms with Crippen LogP contribution in [-0.2, 0) is 6.54 Å². The Morgan fingerprint density at radius 3 is 2.76 bits per heavy atom. The number of rotatable bonds is 2. The second-order valence-electron chi connectivity index (χ2n) is 5.16. The minimum absolute atomic E-state index is 0.505. The molecule has 2 nitrogen and oxygen atoms in total. The molecule has 1 heterocycles. The topological polar surface area (TPSA) is 29.3 Å². The van der Waals surface area contributed by atoms with Gasteiger partial charge in [0, 0.05) is 29.8 Å². The normalized spacial score (nSPS) is 25.1. The van der Waals surface area contributed by atoms with Crippen molar-refractivity contribution >= 4 is 17.3 Å². The van der Waals surface area contributed by atoms with Crippen LogP contribution in [0.5, 0.6) is 0 Å². The molecular weight excluding hydrogens is 232 g/mol. The summed E-state index contributed by atoms with van der Waals surface area (Å²) in [6.07, 6.45) is 2.59. The highest BCUT2D eigenvalue weighted by atomic mass is 35.5. The Balaban J connectivity index is 2.23. The van der Waals surface area contributed by atoms with Gasteiger partial charge in [0.15, 0.2) is 0 Å². The standard InChI is InChI=1S/C14H21ClN2/c1-10-3-4-11(2)17(9-10)13-6-5-12(8-16)14(15)7-13/h5-7,10-11H,3-4,8-9,16H2,1-2H3. The van der Waals surface area contributed by atoms with E-state index < -0.39 is 0 Å². The average molecular weight is 253 g/mol. The van der Waals surface area contributed by atoms with E-state index in [1.807, 2.05) is 6.07 Å². The van der Waals surface area contributed by atoms with Crippen LogP contribution in [0.15, 0.2) is 18.2 Å². The summed E-state index contributed by atoms with van der Waals surface area (Å²) in [6.45, 7) is 6.23. The molecule has 1 aliphatic heterocycles. The van der Waals surface area contributed by atoms with E-state index in [9.17, 15) is 0 Å². The number of piperidine rings is 1. The minimum atomic E-state index is 0.505. The summed E-state index contributed by atoms with van der Waals surface area (Å²) in [4.78, 5) is 2.46. The third-order valence-corrected chi connectivity index (χ3v) is 4.06. The van der Waals surface area contributed by atoms with Crippen molar-refractivity contribution in [3.8, 4) is 0 Å². The lowest BCUT2D eigenvalue weighted by atomic mass is 9.94. The molecular formula is C14H21ClN2. The van der Waals surface area contributed by atoms with Crippen LogP contribution in [0.2, 0.25) is 5.02 Å². The first kappa shape index (κ1) is 12.7. The van der Waals surface area contributed by atoms with Gasteiger partial charge in [-0.1, -0.05) is 24.6 Å². The van der Waals surface area contributed by atoms with Crippen molar-refractivity contribution in [2.24, 2.45) is 11.7 Å². The molecule has 2 atom stereocenters. The second kappa shape index (κ2) is 5.28. The molecule has 2 N–H and O–H groups in total. The Labute approximate surface area is 109 Å². The Morgan fingerprint density at radius 2 is 2.12 bits per heavy atom. The Morgan fingerprint density at radius 1 is 1.35 bits per heavy atom. The van der Waals surface area contributed by atoms with Crippen molar-refractivity contribution < 1.29 is 0 Å².